The predicted octanol–water partition coefficient (Wildman–Crippen LogP) is 4.96. The molecule has 4 rings (SSSR count). The van der Waals surface area contributed by atoms with Gasteiger partial charge in [-0.25, -0.2) is 22.4 Å². The maximum absolute atomic E-state index is 13.1. The Bertz CT molecular complexity index is 1550. The molecule has 4 aromatic rings. The highest BCUT2D eigenvalue weighted by Crippen LogP contribution is 2.39. The summed E-state index contributed by atoms with van der Waals surface area (Å²) in [7, 11) is -5.77. The zero-order valence-electron chi connectivity index (χ0n) is 22.0. The van der Waals surface area contributed by atoms with Gasteiger partial charge in [-0.05, 0) is 32.9 Å². The molecular formula is C26H33N5O4SSi. The molecule has 0 spiro atoms. The fourth-order valence-corrected chi connectivity index (χ4v) is 7.26. The first kappa shape index (κ1) is 26.8. The van der Waals surface area contributed by atoms with E-state index in [1.807, 2.05) is 47.9 Å². The zero-order valence-corrected chi connectivity index (χ0v) is 23.8. The first-order valence-corrected chi connectivity index (χ1v) is 17.3. The third-order valence-electron chi connectivity index (χ3n) is 6.15. The van der Waals surface area contributed by atoms with Crippen LogP contribution in [-0.4, -0.2) is 53.1 Å². The van der Waals surface area contributed by atoms with E-state index in [4.69, 9.17) is 15.5 Å². The molecule has 1 atom stereocenters. The topological polar surface area (TPSA) is 122 Å². The van der Waals surface area contributed by atoms with Crippen molar-refractivity contribution < 1.29 is 17.9 Å². The first-order chi connectivity index (χ1) is 17.4. The van der Waals surface area contributed by atoms with E-state index in [-0.39, 0.29) is 17.6 Å². The van der Waals surface area contributed by atoms with Crippen LogP contribution in [0.15, 0.2) is 48.5 Å². The van der Waals surface area contributed by atoms with Crippen LogP contribution >= 0.6 is 0 Å². The van der Waals surface area contributed by atoms with Crippen LogP contribution in [0.2, 0.25) is 19.6 Å². The van der Waals surface area contributed by atoms with Gasteiger partial charge in [0, 0.05) is 17.7 Å². The SMILES string of the molecule is CCOC(n1c(C=O)nc(-c2ccc3nc(N)n(S(=O)(=O)C(C)C)c3c2)c1-c1ccccc1)[Si](C)(C)C. The van der Waals surface area contributed by atoms with Crippen molar-refractivity contribution in [3.63, 3.8) is 0 Å². The fourth-order valence-electron chi connectivity index (χ4n) is 4.41. The quantitative estimate of drug-likeness (QED) is 0.236. The summed E-state index contributed by atoms with van der Waals surface area (Å²) < 4.78 is 35.4. The van der Waals surface area contributed by atoms with Gasteiger partial charge in [0.15, 0.2) is 12.1 Å². The Hall–Kier alpha value is -3.28. The lowest BCUT2D eigenvalue weighted by atomic mass is 10.0. The standard InChI is InChI=1S/C26H33N5O4SSi/c1-7-35-26(37(4,5)6)30-22(16-32)29-23(24(30)18-11-9-8-10-12-18)19-13-14-20-21(15-19)31(25(27)28-20)36(33,34)17(2)3/h8-17,26H,7H2,1-6H3,(H2,27,28). The Morgan fingerprint density at radius 2 is 1.73 bits per heavy atom. The van der Waals surface area contributed by atoms with Crippen LogP contribution in [0.4, 0.5) is 5.95 Å². The number of carbonyl (C=O) groups excluding carboxylic acids is 1. The molecule has 2 aromatic heterocycles. The number of imidazole rings is 2. The van der Waals surface area contributed by atoms with Gasteiger partial charge in [-0.3, -0.25) is 9.36 Å². The van der Waals surface area contributed by atoms with Crippen molar-refractivity contribution in [2.45, 2.75) is 51.5 Å². The minimum atomic E-state index is -3.77. The molecule has 0 saturated heterocycles. The fraction of sp³-hybridized carbons (Fsp3) is 0.346. The molecule has 37 heavy (non-hydrogen) atoms. The van der Waals surface area contributed by atoms with Gasteiger partial charge in [-0.1, -0.05) is 56.0 Å². The number of fused-ring (bicyclic) bond motifs is 1. The van der Waals surface area contributed by atoms with Crippen molar-refractivity contribution in [2.24, 2.45) is 0 Å². The van der Waals surface area contributed by atoms with E-state index in [0.29, 0.717) is 28.9 Å². The monoisotopic (exact) mass is 539 g/mol. The van der Waals surface area contributed by atoms with Crippen LogP contribution in [0.3, 0.4) is 0 Å². The van der Waals surface area contributed by atoms with E-state index in [1.54, 1.807) is 26.0 Å². The first-order valence-electron chi connectivity index (χ1n) is 12.2. The van der Waals surface area contributed by atoms with Crippen LogP contribution < -0.4 is 5.73 Å². The maximum Gasteiger partial charge on any atom is 0.244 e. The van der Waals surface area contributed by atoms with E-state index in [1.165, 1.54) is 0 Å². The molecule has 2 heterocycles. The van der Waals surface area contributed by atoms with Crippen LogP contribution in [0.25, 0.3) is 33.5 Å². The second kappa shape index (κ2) is 9.88. The summed E-state index contributed by atoms with van der Waals surface area (Å²) >= 11 is 0. The van der Waals surface area contributed by atoms with Crippen molar-refractivity contribution in [3.8, 4) is 22.5 Å². The largest absolute Gasteiger partial charge is 0.368 e. The number of ether oxygens (including phenoxy) is 1. The van der Waals surface area contributed by atoms with Crippen molar-refractivity contribution in [1.29, 1.82) is 0 Å². The van der Waals surface area contributed by atoms with Gasteiger partial charge in [0.25, 0.3) is 0 Å². The number of carbonyl (C=O) groups is 1. The van der Waals surface area contributed by atoms with Crippen molar-refractivity contribution in [1.82, 2.24) is 18.5 Å². The van der Waals surface area contributed by atoms with E-state index in [2.05, 4.69) is 24.6 Å². The number of nitrogen functional groups attached to an aromatic ring is 1. The van der Waals surface area contributed by atoms with Gasteiger partial charge >= 0.3 is 0 Å². The Morgan fingerprint density at radius 3 is 2.30 bits per heavy atom. The highest BCUT2D eigenvalue weighted by Gasteiger charge is 2.35. The Kier molecular flexibility index (Phi) is 7.15. The number of benzene rings is 2. The Labute approximate surface area is 218 Å². The average Bonchev–Trinajstić information content (AvgIpc) is 3.38. The molecule has 0 aliphatic rings. The molecule has 2 N–H and O–H groups in total. The Morgan fingerprint density at radius 1 is 1.05 bits per heavy atom. The van der Waals surface area contributed by atoms with Gasteiger partial charge in [-0.15, -0.1) is 0 Å². The molecule has 0 aliphatic carbocycles. The minimum Gasteiger partial charge on any atom is -0.368 e. The second-order valence-corrected chi connectivity index (χ2v) is 17.8. The molecule has 2 aromatic carbocycles. The number of rotatable bonds is 9. The van der Waals surface area contributed by atoms with E-state index in [9.17, 15) is 13.2 Å². The molecule has 9 nitrogen and oxygen atoms in total. The van der Waals surface area contributed by atoms with Gasteiger partial charge in [0.1, 0.15) is 13.9 Å². The molecule has 11 heteroatoms. The second-order valence-electron chi connectivity index (χ2n) is 10.2. The zero-order chi connectivity index (χ0) is 27.1. The number of aromatic nitrogens is 4. The third kappa shape index (κ3) is 4.74. The third-order valence-corrected chi connectivity index (χ3v) is 10.1. The van der Waals surface area contributed by atoms with Gasteiger partial charge in [0.2, 0.25) is 16.0 Å². The lowest BCUT2D eigenvalue weighted by Gasteiger charge is -2.32. The molecule has 0 radical (unpaired) electrons. The lowest BCUT2D eigenvalue weighted by Crippen LogP contribution is -2.38. The summed E-state index contributed by atoms with van der Waals surface area (Å²) in [5.41, 5.74) is 9.65. The highest BCUT2D eigenvalue weighted by molar-refractivity contribution is 7.90. The predicted molar refractivity (Wildman–Crippen MR) is 150 cm³/mol. The molecule has 0 amide bonds. The number of aldehydes is 1. The van der Waals surface area contributed by atoms with E-state index < -0.39 is 23.3 Å². The van der Waals surface area contributed by atoms with Crippen LogP contribution in [-0.2, 0) is 14.8 Å². The van der Waals surface area contributed by atoms with Crippen LogP contribution in [0.1, 0.15) is 37.2 Å². The number of hydrogen-bond acceptors (Lipinski definition) is 7. The number of hydrogen-bond donors (Lipinski definition) is 1. The van der Waals surface area contributed by atoms with Gasteiger partial charge in [-0.2, -0.15) is 0 Å². The van der Waals surface area contributed by atoms with Crippen molar-refractivity contribution in [3.05, 3.63) is 54.4 Å². The lowest BCUT2D eigenvalue weighted by molar-refractivity contribution is 0.0624. The Balaban J connectivity index is 2.08. The summed E-state index contributed by atoms with van der Waals surface area (Å²) in [5.74, 6) is -0.198. The van der Waals surface area contributed by atoms with Gasteiger partial charge < -0.3 is 10.5 Å². The van der Waals surface area contributed by atoms with Crippen molar-refractivity contribution in [2.75, 3.05) is 12.3 Å². The number of anilines is 1. The van der Waals surface area contributed by atoms with E-state index in [0.717, 1.165) is 21.5 Å². The molecule has 0 fully saturated rings. The van der Waals surface area contributed by atoms with Crippen molar-refractivity contribution >= 4 is 41.4 Å². The smallest absolute Gasteiger partial charge is 0.244 e. The molecule has 0 bridgehead atoms. The van der Waals surface area contributed by atoms with Gasteiger partial charge in [0.05, 0.1) is 27.7 Å². The summed E-state index contributed by atoms with van der Waals surface area (Å²) in [5, 5.41) is -0.694. The average molecular weight is 540 g/mol. The minimum absolute atomic E-state index is 0.0987. The maximum atomic E-state index is 13.1. The normalized spacial score (nSPS) is 13.4. The summed E-state index contributed by atoms with van der Waals surface area (Å²) in [6.07, 6.45) is 0.742. The van der Waals surface area contributed by atoms with E-state index >= 15 is 0 Å². The summed E-state index contributed by atoms with van der Waals surface area (Å²) in [6, 6.07) is 15.0. The number of nitrogens with zero attached hydrogens (tertiary/aromatic N) is 4. The molecule has 196 valence electrons. The molecular weight excluding hydrogens is 506 g/mol. The molecule has 1 unspecified atom stereocenters. The van der Waals surface area contributed by atoms with Crippen LogP contribution in [0, 0.1) is 0 Å². The van der Waals surface area contributed by atoms with Crippen LogP contribution in [0.5, 0.6) is 0 Å². The number of nitrogens with two attached hydrogens (primary N) is 1. The molecule has 0 aliphatic heterocycles. The summed E-state index contributed by atoms with van der Waals surface area (Å²) in [4.78, 5) is 21.4. The summed E-state index contributed by atoms with van der Waals surface area (Å²) in [6.45, 7) is 12.1. The highest BCUT2D eigenvalue weighted by atomic mass is 32.2. The molecule has 0 saturated carbocycles.